The molecule has 0 bridgehead atoms. The van der Waals surface area contributed by atoms with Gasteiger partial charge in [0.05, 0.1) is 6.42 Å². The first-order chi connectivity index (χ1) is 10.5. The smallest absolute Gasteiger partial charge is 0.320 e. The fraction of sp³-hybridized carbons (Fsp3) is 0.176. The Balaban J connectivity index is 0.000000224. The molecule has 0 heterocycles. The quantitative estimate of drug-likeness (QED) is 0.783. The zero-order valence-electron chi connectivity index (χ0n) is 12.1. The van der Waals surface area contributed by atoms with Crippen molar-refractivity contribution in [2.24, 2.45) is 5.73 Å². The van der Waals surface area contributed by atoms with Crippen molar-refractivity contribution in [1.82, 2.24) is 0 Å². The Morgan fingerprint density at radius 3 is 1.73 bits per heavy atom. The SMILES string of the molecule is NC(Cc1ccccc1)C(=O)O.O=C(O)Cc1ccccc1. The van der Waals surface area contributed by atoms with Crippen molar-refractivity contribution < 1.29 is 19.8 Å². The van der Waals surface area contributed by atoms with E-state index in [9.17, 15) is 9.59 Å². The van der Waals surface area contributed by atoms with Gasteiger partial charge in [0.2, 0.25) is 0 Å². The lowest BCUT2D eigenvalue weighted by molar-refractivity contribution is -0.138. The van der Waals surface area contributed by atoms with E-state index in [0.717, 1.165) is 11.1 Å². The largest absolute Gasteiger partial charge is 0.481 e. The minimum absolute atomic E-state index is 0.112. The number of carboxylic acids is 2. The molecule has 0 radical (unpaired) electrons. The zero-order chi connectivity index (χ0) is 16.4. The minimum Gasteiger partial charge on any atom is -0.481 e. The van der Waals surface area contributed by atoms with Crippen LogP contribution in [0.15, 0.2) is 60.7 Å². The maximum atomic E-state index is 10.4. The van der Waals surface area contributed by atoms with E-state index in [0.29, 0.717) is 6.42 Å². The molecule has 0 aliphatic rings. The number of carboxylic acid groups (broad SMARTS) is 2. The second kappa shape index (κ2) is 9.31. The molecule has 1 unspecified atom stereocenters. The predicted molar refractivity (Wildman–Crippen MR) is 83.5 cm³/mol. The van der Waals surface area contributed by atoms with Crippen LogP contribution in [0, 0.1) is 0 Å². The molecule has 0 aliphatic carbocycles. The van der Waals surface area contributed by atoms with Crippen molar-refractivity contribution in [2.75, 3.05) is 0 Å². The van der Waals surface area contributed by atoms with Crippen LogP contribution >= 0.6 is 0 Å². The highest BCUT2D eigenvalue weighted by molar-refractivity contribution is 5.73. The summed E-state index contributed by atoms with van der Waals surface area (Å²) in [5.41, 5.74) is 7.14. The van der Waals surface area contributed by atoms with Crippen molar-refractivity contribution in [3.63, 3.8) is 0 Å². The summed E-state index contributed by atoms with van der Waals surface area (Å²) in [6.07, 6.45) is 0.497. The molecule has 2 rings (SSSR count). The highest BCUT2D eigenvalue weighted by Crippen LogP contribution is 2.01. The first-order valence-electron chi connectivity index (χ1n) is 6.77. The summed E-state index contributed by atoms with van der Waals surface area (Å²) in [6.45, 7) is 0. The summed E-state index contributed by atoms with van der Waals surface area (Å²) in [6, 6.07) is 17.7. The number of hydrogen-bond donors (Lipinski definition) is 3. The number of nitrogens with two attached hydrogens (primary N) is 1. The van der Waals surface area contributed by atoms with Crippen LogP contribution in [-0.4, -0.2) is 28.2 Å². The Kier molecular flexibility index (Phi) is 7.36. The van der Waals surface area contributed by atoms with Gasteiger partial charge in [-0.25, -0.2) is 0 Å². The summed E-state index contributed by atoms with van der Waals surface area (Å²) in [5.74, 6) is -1.75. The van der Waals surface area contributed by atoms with Gasteiger partial charge in [0, 0.05) is 0 Å². The van der Waals surface area contributed by atoms with E-state index in [4.69, 9.17) is 15.9 Å². The third kappa shape index (κ3) is 7.21. The van der Waals surface area contributed by atoms with Gasteiger partial charge in [-0.3, -0.25) is 9.59 Å². The molecule has 0 spiro atoms. The third-order valence-electron chi connectivity index (χ3n) is 2.81. The Morgan fingerprint density at radius 2 is 1.32 bits per heavy atom. The summed E-state index contributed by atoms with van der Waals surface area (Å²) < 4.78 is 0. The summed E-state index contributed by atoms with van der Waals surface area (Å²) in [4.78, 5) is 20.5. The van der Waals surface area contributed by atoms with Crippen LogP contribution in [0.25, 0.3) is 0 Å². The number of benzene rings is 2. The molecule has 4 N–H and O–H groups in total. The van der Waals surface area contributed by atoms with Gasteiger partial charge in [0.25, 0.3) is 0 Å². The normalized spacial score (nSPS) is 11.0. The fourth-order valence-electron chi connectivity index (χ4n) is 1.73. The van der Waals surface area contributed by atoms with E-state index in [2.05, 4.69) is 0 Å². The lowest BCUT2D eigenvalue weighted by atomic mass is 10.1. The van der Waals surface area contributed by atoms with Crippen LogP contribution in [0.4, 0.5) is 0 Å². The molecule has 0 aromatic heterocycles. The van der Waals surface area contributed by atoms with Crippen molar-refractivity contribution in [3.8, 4) is 0 Å². The van der Waals surface area contributed by atoms with Crippen molar-refractivity contribution in [2.45, 2.75) is 18.9 Å². The van der Waals surface area contributed by atoms with Gasteiger partial charge >= 0.3 is 11.9 Å². The molecule has 22 heavy (non-hydrogen) atoms. The first kappa shape index (κ1) is 17.4. The molecule has 0 amide bonds. The first-order valence-corrected chi connectivity index (χ1v) is 6.77. The standard InChI is InChI=1S/C9H11NO2.C8H8O2/c10-8(9(11)12)6-7-4-2-1-3-5-7;9-8(10)6-7-4-2-1-3-5-7/h1-5,8H,6,10H2,(H,11,12);1-5H,6H2,(H,9,10). The number of hydrogen-bond acceptors (Lipinski definition) is 3. The van der Waals surface area contributed by atoms with Gasteiger partial charge in [-0.1, -0.05) is 60.7 Å². The van der Waals surface area contributed by atoms with Gasteiger partial charge < -0.3 is 15.9 Å². The zero-order valence-corrected chi connectivity index (χ0v) is 12.1. The van der Waals surface area contributed by atoms with Crippen LogP contribution in [0.2, 0.25) is 0 Å². The van der Waals surface area contributed by atoms with E-state index in [1.807, 2.05) is 48.5 Å². The Labute approximate surface area is 129 Å². The van der Waals surface area contributed by atoms with Crippen LogP contribution in [0.1, 0.15) is 11.1 Å². The molecular formula is C17H19NO4. The second-order valence-electron chi connectivity index (χ2n) is 4.69. The molecule has 0 fully saturated rings. The lowest BCUT2D eigenvalue weighted by Crippen LogP contribution is -2.32. The van der Waals surface area contributed by atoms with Crippen LogP contribution in [0.3, 0.4) is 0 Å². The van der Waals surface area contributed by atoms with E-state index in [-0.39, 0.29) is 6.42 Å². The number of carbonyl (C=O) groups is 2. The molecule has 2 aromatic carbocycles. The van der Waals surface area contributed by atoms with Crippen LogP contribution in [0.5, 0.6) is 0 Å². The minimum atomic E-state index is -0.959. The van der Waals surface area contributed by atoms with E-state index in [1.54, 1.807) is 12.1 Å². The Hall–Kier alpha value is -2.66. The van der Waals surface area contributed by atoms with Gasteiger partial charge in [0.1, 0.15) is 6.04 Å². The second-order valence-corrected chi connectivity index (χ2v) is 4.69. The van der Waals surface area contributed by atoms with Gasteiger partial charge in [-0.05, 0) is 17.5 Å². The van der Waals surface area contributed by atoms with Crippen LogP contribution in [-0.2, 0) is 22.4 Å². The molecule has 116 valence electrons. The van der Waals surface area contributed by atoms with Crippen molar-refractivity contribution in [3.05, 3.63) is 71.8 Å². The monoisotopic (exact) mass is 301 g/mol. The molecule has 0 saturated carbocycles. The number of rotatable bonds is 5. The Morgan fingerprint density at radius 1 is 0.864 bits per heavy atom. The van der Waals surface area contributed by atoms with E-state index >= 15 is 0 Å². The summed E-state index contributed by atoms with van der Waals surface area (Å²) in [5, 5.41) is 16.9. The number of aliphatic carboxylic acids is 2. The van der Waals surface area contributed by atoms with E-state index < -0.39 is 18.0 Å². The van der Waals surface area contributed by atoms with Gasteiger partial charge in [-0.2, -0.15) is 0 Å². The lowest BCUT2D eigenvalue weighted by Gasteiger charge is -2.04. The predicted octanol–water partition coefficient (Wildman–Crippen LogP) is 1.95. The van der Waals surface area contributed by atoms with E-state index in [1.165, 1.54) is 0 Å². The summed E-state index contributed by atoms with van der Waals surface area (Å²) >= 11 is 0. The Bertz CT molecular complexity index is 584. The molecule has 1 atom stereocenters. The molecule has 0 aliphatic heterocycles. The van der Waals surface area contributed by atoms with Crippen LogP contribution < -0.4 is 5.73 Å². The summed E-state index contributed by atoms with van der Waals surface area (Å²) in [7, 11) is 0. The van der Waals surface area contributed by atoms with Crippen molar-refractivity contribution >= 4 is 11.9 Å². The van der Waals surface area contributed by atoms with Gasteiger partial charge in [-0.15, -0.1) is 0 Å². The molecule has 0 saturated heterocycles. The maximum Gasteiger partial charge on any atom is 0.320 e. The third-order valence-corrected chi connectivity index (χ3v) is 2.81. The maximum absolute atomic E-state index is 10.4. The fourth-order valence-corrected chi connectivity index (χ4v) is 1.73. The average molecular weight is 301 g/mol. The highest BCUT2D eigenvalue weighted by Gasteiger charge is 2.10. The average Bonchev–Trinajstić information content (AvgIpc) is 2.49. The molecule has 5 heteroatoms. The van der Waals surface area contributed by atoms with Gasteiger partial charge in [0.15, 0.2) is 0 Å². The molecule has 2 aromatic rings. The topological polar surface area (TPSA) is 101 Å². The molecule has 5 nitrogen and oxygen atoms in total. The highest BCUT2D eigenvalue weighted by atomic mass is 16.4. The molecular weight excluding hydrogens is 282 g/mol. The van der Waals surface area contributed by atoms with Crippen molar-refractivity contribution in [1.29, 1.82) is 0 Å².